The molecule has 0 radical (unpaired) electrons. The number of aryl methyl sites for hydroxylation is 1. The van der Waals surface area contributed by atoms with Crippen molar-refractivity contribution in [3.05, 3.63) is 53.2 Å². The van der Waals surface area contributed by atoms with E-state index in [1.807, 2.05) is 13.0 Å². The number of hydrogen-bond acceptors (Lipinski definition) is 6. The van der Waals surface area contributed by atoms with E-state index in [9.17, 15) is 4.79 Å². The minimum absolute atomic E-state index is 0.180. The molecule has 1 amide bonds. The van der Waals surface area contributed by atoms with E-state index in [2.05, 4.69) is 20.3 Å². The zero-order valence-corrected chi connectivity index (χ0v) is 12.9. The normalized spacial score (nSPS) is 12.1. The summed E-state index contributed by atoms with van der Waals surface area (Å²) in [4.78, 5) is 25.6. The molecule has 0 saturated heterocycles. The fraction of sp³-hybridized carbons (Fsp3) is 0.200. The smallest absolute Gasteiger partial charge is 0.263 e. The quantitative estimate of drug-likeness (QED) is 0.800. The van der Waals surface area contributed by atoms with Crippen LogP contribution < -0.4 is 5.32 Å². The van der Waals surface area contributed by atoms with E-state index in [1.165, 1.54) is 11.3 Å². The van der Waals surface area contributed by atoms with Crippen molar-refractivity contribution in [2.45, 2.75) is 19.9 Å². The monoisotopic (exact) mass is 314 g/mol. The van der Waals surface area contributed by atoms with E-state index in [1.54, 1.807) is 37.7 Å². The molecule has 3 rings (SSSR count). The molecule has 0 aliphatic carbocycles. The van der Waals surface area contributed by atoms with Crippen molar-refractivity contribution in [2.75, 3.05) is 0 Å². The van der Waals surface area contributed by atoms with Crippen LogP contribution in [0.3, 0.4) is 0 Å². The maximum Gasteiger partial charge on any atom is 0.263 e. The Morgan fingerprint density at radius 3 is 2.77 bits per heavy atom. The lowest BCUT2D eigenvalue weighted by atomic mass is 10.2. The topological polar surface area (TPSA) is 80.9 Å². The first-order valence-electron chi connectivity index (χ1n) is 6.74. The van der Waals surface area contributed by atoms with E-state index in [4.69, 9.17) is 4.42 Å². The van der Waals surface area contributed by atoms with Gasteiger partial charge in [-0.3, -0.25) is 4.79 Å². The van der Waals surface area contributed by atoms with Crippen molar-refractivity contribution in [1.82, 2.24) is 20.3 Å². The summed E-state index contributed by atoms with van der Waals surface area (Å²) in [7, 11) is 0. The molecule has 7 heteroatoms. The predicted octanol–water partition coefficient (Wildman–Crippen LogP) is 2.99. The largest absolute Gasteiger partial charge is 0.467 e. The number of thiazole rings is 1. The van der Waals surface area contributed by atoms with Crippen LogP contribution >= 0.6 is 11.3 Å². The second-order valence-corrected chi connectivity index (χ2v) is 5.72. The molecule has 6 nitrogen and oxygen atoms in total. The second kappa shape index (κ2) is 6.07. The van der Waals surface area contributed by atoms with Crippen molar-refractivity contribution in [1.29, 1.82) is 0 Å². The van der Waals surface area contributed by atoms with Gasteiger partial charge in [0.2, 0.25) is 0 Å². The number of nitrogens with zero attached hydrogens (tertiary/aromatic N) is 3. The standard InChI is InChI=1S/C15H14N4O2S/c1-9(11-5-3-8-21-11)18-14(20)12-10(2)19-15(22-12)13-16-6-4-7-17-13/h3-9H,1-2H3,(H,18,20)/t9-/m0/s1. The molecule has 112 valence electrons. The number of amides is 1. The fourth-order valence-corrected chi connectivity index (χ4v) is 2.90. The number of carbonyl (C=O) groups excluding carboxylic acids is 1. The van der Waals surface area contributed by atoms with Gasteiger partial charge < -0.3 is 9.73 Å². The van der Waals surface area contributed by atoms with Crippen LogP contribution in [0.15, 0.2) is 41.3 Å². The molecule has 0 spiro atoms. The third kappa shape index (κ3) is 2.89. The second-order valence-electron chi connectivity index (χ2n) is 4.72. The van der Waals surface area contributed by atoms with Gasteiger partial charge in [-0.05, 0) is 32.0 Å². The van der Waals surface area contributed by atoms with Gasteiger partial charge in [0.25, 0.3) is 5.91 Å². The number of nitrogens with one attached hydrogen (secondary N) is 1. The molecule has 22 heavy (non-hydrogen) atoms. The van der Waals surface area contributed by atoms with Crippen molar-refractivity contribution in [2.24, 2.45) is 0 Å². The van der Waals surface area contributed by atoms with Crippen LogP contribution in [-0.4, -0.2) is 20.9 Å². The summed E-state index contributed by atoms with van der Waals surface area (Å²) < 4.78 is 5.29. The van der Waals surface area contributed by atoms with Gasteiger partial charge in [-0.2, -0.15) is 0 Å². The Balaban J connectivity index is 1.80. The van der Waals surface area contributed by atoms with E-state index in [0.717, 1.165) is 0 Å². The van der Waals surface area contributed by atoms with Crippen LogP contribution in [0, 0.1) is 6.92 Å². The Hall–Kier alpha value is -2.54. The Kier molecular flexibility index (Phi) is 3.97. The number of furan rings is 1. The Morgan fingerprint density at radius 2 is 2.09 bits per heavy atom. The summed E-state index contributed by atoms with van der Waals surface area (Å²) in [6, 6.07) is 5.15. The van der Waals surface area contributed by atoms with Gasteiger partial charge in [-0.25, -0.2) is 15.0 Å². The van der Waals surface area contributed by atoms with Gasteiger partial charge in [0.1, 0.15) is 10.6 Å². The third-order valence-electron chi connectivity index (χ3n) is 3.08. The first-order chi connectivity index (χ1) is 10.6. The Bertz CT molecular complexity index is 768. The summed E-state index contributed by atoms with van der Waals surface area (Å²) >= 11 is 1.28. The van der Waals surface area contributed by atoms with E-state index < -0.39 is 0 Å². The Morgan fingerprint density at radius 1 is 1.32 bits per heavy atom. The van der Waals surface area contributed by atoms with Gasteiger partial charge in [-0.15, -0.1) is 11.3 Å². The molecule has 1 N–H and O–H groups in total. The highest BCUT2D eigenvalue weighted by Crippen LogP contribution is 2.25. The first kappa shape index (κ1) is 14.4. The van der Waals surface area contributed by atoms with Crippen molar-refractivity contribution in [3.63, 3.8) is 0 Å². The van der Waals surface area contributed by atoms with Crippen LogP contribution in [0.1, 0.15) is 34.1 Å². The maximum absolute atomic E-state index is 12.4. The summed E-state index contributed by atoms with van der Waals surface area (Å²) in [5.41, 5.74) is 0.664. The van der Waals surface area contributed by atoms with Gasteiger partial charge in [0, 0.05) is 12.4 Å². The fourth-order valence-electron chi connectivity index (χ4n) is 1.98. The van der Waals surface area contributed by atoms with Crippen LogP contribution in [0.25, 0.3) is 10.8 Å². The zero-order valence-electron chi connectivity index (χ0n) is 12.1. The minimum Gasteiger partial charge on any atom is -0.467 e. The minimum atomic E-state index is -0.208. The summed E-state index contributed by atoms with van der Waals surface area (Å²) in [5.74, 6) is 1.05. The third-order valence-corrected chi connectivity index (χ3v) is 4.23. The molecule has 1 atom stereocenters. The summed E-state index contributed by atoms with van der Waals surface area (Å²) in [6.07, 6.45) is 4.89. The number of hydrogen-bond donors (Lipinski definition) is 1. The molecule has 0 aromatic carbocycles. The molecular weight excluding hydrogens is 300 g/mol. The van der Waals surface area contributed by atoms with Crippen molar-refractivity contribution in [3.8, 4) is 10.8 Å². The van der Waals surface area contributed by atoms with Crippen LogP contribution in [0.2, 0.25) is 0 Å². The van der Waals surface area contributed by atoms with Crippen molar-refractivity contribution >= 4 is 17.2 Å². The molecule has 3 aromatic rings. The highest BCUT2D eigenvalue weighted by Gasteiger charge is 2.20. The molecule has 0 aliphatic rings. The average Bonchev–Trinajstić information content (AvgIpc) is 3.17. The van der Waals surface area contributed by atoms with Gasteiger partial charge >= 0.3 is 0 Å². The predicted molar refractivity (Wildman–Crippen MR) is 82.5 cm³/mol. The van der Waals surface area contributed by atoms with E-state index in [0.29, 0.717) is 27.2 Å². The lowest BCUT2D eigenvalue weighted by Crippen LogP contribution is -2.26. The van der Waals surface area contributed by atoms with Crippen LogP contribution in [0.5, 0.6) is 0 Å². The van der Waals surface area contributed by atoms with Gasteiger partial charge in [0.05, 0.1) is 18.0 Å². The van der Waals surface area contributed by atoms with Crippen molar-refractivity contribution < 1.29 is 9.21 Å². The summed E-state index contributed by atoms with van der Waals surface area (Å²) in [6.45, 7) is 3.67. The molecule has 0 saturated carbocycles. The SMILES string of the molecule is Cc1nc(-c2ncccn2)sc1C(=O)N[C@@H](C)c1ccco1. The number of carbonyl (C=O) groups is 1. The van der Waals surface area contributed by atoms with Gasteiger partial charge in [0.15, 0.2) is 10.8 Å². The highest BCUT2D eigenvalue weighted by atomic mass is 32.1. The molecule has 0 unspecified atom stereocenters. The molecule has 0 bridgehead atoms. The van der Waals surface area contributed by atoms with Crippen LogP contribution in [-0.2, 0) is 0 Å². The van der Waals surface area contributed by atoms with E-state index in [-0.39, 0.29) is 11.9 Å². The Labute approximate surface area is 131 Å². The maximum atomic E-state index is 12.4. The molecule has 0 fully saturated rings. The molecule has 0 aliphatic heterocycles. The van der Waals surface area contributed by atoms with Crippen LogP contribution in [0.4, 0.5) is 0 Å². The average molecular weight is 314 g/mol. The number of rotatable bonds is 4. The first-order valence-corrected chi connectivity index (χ1v) is 7.56. The molecule has 3 aromatic heterocycles. The number of aromatic nitrogens is 3. The molecular formula is C15H14N4O2S. The van der Waals surface area contributed by atoms with E-state index >= 15 is 0 Å². The lowest BCUT2D eigenvalue weighted by molar-refractivity contribution is 0.0938. The lowest BCUT2D eigenvalue weighted by Gasteiger charge is -2.10. The zero-order chi connectivity index (χ0) is 15.5. The summed E-state index contributed by atoms with van der Waals surface area (Å²) in [5, 5.41) is 3.53. The highest BCUT2D eigenvalue weighted by molar-refractivity contribution is 7.17. The molecule has 3 heterocycles. The van der Waals surface area contributed by atoms with Gasteiger partial charge in [-0.1, -0.05) is 0 Å².